The lowest BCUT2D eigenvalue weighted by Crippen LogP contribution is -2.40. The number of thiophene rings is 1. The summed E-state index contributed by atoms with van der Waals surface area (Å²) in [5.74, 6) is 0.0808. The number of hydrogen-bond acceptors (Lipinski definition) is 7. The van der Waals surface area contributed by atoms with Crippen LogP contribution in [0.1, 0.15) is 23.2 Å². The first kappa shape index (κ1) is 18.6. The van der Waals surface area contributed by atoms with Gasteiger partial charge in [0, 0.05) is 6.54 Å². The summed E-state index contributed by atoms with van der Waals surface area (Å²) in [5.41, 5.74) is 0.700. The van der Waals surface area contributed by atoms with Gasteiger partial charge in [-0.25, -0.2) is 14.8 Å². The molecule has 1 aliphatic heterocycles. The van der Waals surface area contributed by atoms with Crippen LogP contribution >= 0.6 is 22.9 Å². The minimum Gasteiger partial charge on any atom is -0.465 e. The van der Waals surface area contributed by atoms with Gasteiger partial charge in [-0.2, -0.15) is 0 Å². The molecule has 2 aromatic heterocycles. The number of fused-ring (bicyclic) bond motifs is 1. The summed E-state index contributed by atoms with van der Waals surface area (Å²) >= 11 is 7.75. The summed E-state index contributed by atoms with van der Waals surface area (Å²) in [4.78, 5) is 36.4. The standard InChI is InChI=1S/C19H17ClN4O3S/c1-27-19(26)11-4-5-13(20)14(9-11)23-17(25)15-3-2-7-24(15)16-12-6-8-28-18(12)22-10-21-16/h4-6,8-10,15H,2-3,7H2,1H3,(H,23,25). The molecule has 3 aromatic rings. The van der Waals surface area contributed by atoms with Crippen molar-refractivity contribution in [2.24, 2.45) is 0 Å². The average Bonchev–Trinajstić information content (AvgIpc) is 3.38. The Balaban J connectivity index is 1.60. The number of nitrogens with one attached hydrogen (secondary N) is 1. The molecule has 9 heteroatoms. The third kappa shape index (κ3) is 3.41. The molecule has 4 rings (SSSR count). The number of ether oxygens (including phenoxy) is 1. The zero-order valence-corrected chi connectivity index (χ0v) is 16.6. The maximum Gasteiger partial charge on any atom is 0.337 e. The van der Waals surface area contributed by atoms with Crippen LogP contribution in [0, 0.1) is 0 Å². The molecule has 1 amide bonds. The fourth-order valence-corrected chi connectivity index (χ4v) is 4.27. The largest absolute Gasteiger partial charge is 0.465 e. The number of halogens is 1. The SMILES string of the molecule is COC(=O)c1ccc(Cl)c(NC(=O)C2CCCN2c2ncnc3sccc23)c1. The van der Waals surface area contributed by atoms with Crippen LogP contribution in [-0.2, 0) is 9.53 Å². The van der Waals surface area contributed by atoms with Crippen molar-refractivity contribution in [1.29, 1.82) is 0 Å². The Morgan fingerprint density at radius 2 is 2.18 bits per heavy atom. The number of anilines is 2. The van der Waals surface area contributed by atoms with Gasteiger partial charge in [-0.15, -0.1) is 11.3 Å². The number of carbonyl (C=O) groups is 2. The quantitative estimate of drug-likeness (QED) is 0.652. The topological polar surface area (TPSA) is 84.4 Å². The number of benzene rings is 1. The Labute approximate surface area is 170 Å². The second-order valence-electron chi connectivity index (χ2n) is 6.36. The Bertz CT molecular complexity index is 1050. The lowest BCUT2D eigenvalue weighted by molar-refractivity contribution is -0.117. The van der Waals surface area contributed by atoms with E-state index in [0.29, 0.717) is 22.7 Å². The van der Waals surface area contributed by atoms with Gasteiger partial charge in [0.05, 0.1) is 28.8 Å². The van der Waals surface area contributed by atoms with Crippen LogP contribution in [0.5, 0.6) is 0 Å². The van der Waals surface area contributed by atoms with E-state index in [9.17, 15) is 9.59 Å². The van der Waals surface area contributed by atoms with Crippen LogP contribution in [0.3, 0.4) is 0 Å². The molecule has 0 bridgehead atoms. The molecule has 0 spiro atoms. The fourth-order valence-electron chi connectivity index (χ4n) is 3.38. The first-order valence-electron chi connectivity index (χ1n) is 8.72. The highest BCUT2D eigenvalue weighted by Crippen LogP contribution is 2.32. The summed E-state index contributed by atoms with van der Waals surface area (Å²) in [7, 11) is 1.30. The molecule has 28 heavy (non-hydrogen) atoms. The molecular weight excluding hydrogens is 400 g/mol. The van der Waals surface area contributed by atoms with Crippen molar-refractivity contribution >= 4 is 56.5 Å². The lowest BCUT2D eigenvalue weighted by Gasteiger charge is -2.25. The Kier molecular flexibility index (Phi) is 5.15. The molecule has 1 aliphatic rings. The molecule has 1 atom stereocenters. The van der Waals surface area contributed by atoms with Gasteiger partial charge in [0.2, 0.25) is 5.91 Å². The van der Waals surface area contributed by atoms with Gasteiger partial charge in [-0.05, 0) is 42.5 Å². The fraction of sp³-hybridized carbons (Fsp3) is 0.263. The highest BCUT2D eigenvalue weighted by molar-refractivity contribution is 7.16. The van der Waals surface area contributed by atoms with Gasteiger partial charge in [0.1, 0.15) is 23.0 Å². The molecule has 1 saturated heterocycles. The summed E-state index contributed by atoms with van der Waals surface area (Å²) < 4.78 is 4.73. The molecule has 1 fully saturated rings. The predicted molar refractivity (Wildman–Crippen MR) is 109 cm³/mol. The van der Waals surface area contributed by atoms with E-state index in [1.807, 2.05) is 16.3 Å². The Hall–Kier alpha value is -2.71. The molecule has 144 valence electrons. The maximum absolute atomic E-state index is 13.0. The van der Waals surface area contributed by atoms with Crippen molar-refractivity contribution in [3.05, 3.63) is 46.6 Å². The molecule has 1 aromatic carbocycles. The van der Waals surface area contributed by atoms with Gasteiger partial charge in [0.15, 0.2) is 0 Å². The number of methoxy groups -OCH3 is 1. The minimum atomic E-state index is -0.490. The summed E-state index contributed by atoms with van der Waals surface area (Å²) in [6.45, 7) is 0.732. The van der Waals surface area contributed by atoms with E-state index < -0.39 is 5.97 Å². The van der Waals surface area contributed by atoms with Crippen molar-refractivity contribution in [3.63, 3.8) is 0 Å². The van der Waals surface area contributed by atoms with Gasteiger partial charge in [0.25, 0.3) is 0 Å². The number of hydrogen-bond donors (Lipinski definition) is 1. The third-order valence-electron chi connectivity index (χ3n) is 4.71. The van der Waals surface area contributed by atoms with Crippen molar-refractivity contribution in [3.8, 4) is 0 Å². The van der Waals surface area contributed by atoms with E-state index in [0.717, 1.165) is 29.0 Å². The first-order chi connectivity index (χ1) is 13.6. The molecular formula is C19H17ClN4O3S. The first-order valence-corrected chi connectivity index (χ1v) is 9.98. The van der Waals surface area contributed by atoms with Crippen molar-refractivity contribution in [1.82, 2.24) is 9.97 Å². The smallest absolute Gasteiger partial charge is 0.337 e. The summed E-state index contributed by atoms with van der Waals surface area (Å²) in [5, 5.41) is 6.11. The Morgan fingerprint density at radius 3 is 3.00 bits per heavy atom. The van der Waals surface area contributed by atoms with E-state index in [4.69, 9.17) is 16.3 Å². The highest BCUT2D eigenvalue weighted by atomic mass is 35.5. The second kappa shape index (κ2) is 7.73. The Morgan fingerprint density at radius 1 is 1.32 bits per heavy atom. The van der Waals surface area contributed by atoms with Gasteiger partial charge < -0.3 is 15.0 Å². The molecule has 1 unspecified atom stereocenters. The van der Waals surface area contributed by atoms with E-state index in [1.54, 1.807) is 23.5 Å². The van der Waals surface area contributed by atoms with E-state index >= 15 is 0 Å². The van der Waals surface area contributed by atoms with Gasteiger partial charge in [-0.3, -0.25) is 4.79 Å². The van der Waals surface area contributed by atoms with Crippen LogP contribution < -0.4 is 10.2 Å². The van der Waals surface area contributed by atoms with Crippen LogP contribution in [0.4, 0.5) is 11.5 Å². The van der Waals surface area contributed by atoms with E-state index in [-0.39, 0.29) is 11.9 Å². The lowest BCUT2D eigenvalue weighted by atomic mass is 10.1. The number of esters is 1. The van der Waals surface area contributed by atoms with E-state index in [2.05, 4.69) is 15.3 Å². The van der Waals surface area contributed by atoms with Crippen molar-refractivity contribution < 1.29 is 14.3 Å². The predicted octanol–water partition coefficient (Wildman–Crippen LogP) is 3.74. The summed E-state index contributed by atoms with van der Waals surface area (Å²) in [6, 6.07) is 6.23. The van der Waals surface area contributed by atoms with E-state index in [1.165, 1.54) is 19.5 Å². The third-order valence-corrected chi connectivity index (χ3v) is 5.86. The van der Waals surface area contributed by atoms with Crippen molar-refractivity contribution in [2.75, 3.05) is 23.9 Å². The zero-order chi connectivity index (χ0) is 19.7. The number of carbonyl (C=O) groups excluding carboxylic acids is 2. The molecule has 0 aliphatic carbocycles. The van der Waals surface area contributed by atoms with Crippen molar-refractivity contribution in [2.45, 2.75) is 18.9 Å². The molecule has 1 N–H and O–H groups in total. The average molecular weight is 417 g/mol. The monoisotopic (exact) mass is 416 g/mol. The van der Waals surface area contributed by atoms with Gasteiger partial charge in [-0.1, -0.05) is 11.6 Å². The van der Waals surface area contributed by atoms with Crippen LogP contribution in [0.15, 0.2) is 36.0 Å². The molecule has 3 heterocycles. The summed E-state index contributed by atoms with van der Waals surface area (Å²) in [6.07, 6.45) is 3.11. The van der Waals surface area contributed by atoms with Crippen LogP contribution in [-0.4, -0.2) is 41.5 Å². The number of aromatic nitrogens is 2. The highest BCUT2D eigenvalue weighted by Gasteiger charge is 2.33. The number of nitrogens with zero attached hydrogens (tertiary/aromatic N) is 3. The number of rotatable bonds is 4. The van der Waals surface area contributed by atoms with Gasteiger partial charge >= 0.3 is 5.97 Å². The molecule has 0 saturated carbocycles. The van der Waals surface area contributed by atoms with Crippen LogP contribution in [0.2, 0.25) is 5.02 Å². The minimum absolute atomic E-state index is 0.191. The normalized spacial score (nSPS) is 16.4. The number of amides is 1. The molecule has 7 nitrogen and oxygen atoms in total. The second-order valence-corrected chi connectivity index (χ2v) is 7.67. The molecule has 0 radical (unpaired) electrons. The maximum atomic E-state index is 13.0. The zero-order valence-electron chi connectivity index (χ0n) is 15.0. The van der Waals surface area contributed by atoms with Crippen LogP contribution in [0.25, 0.3) is 10.2 Å².